The number of aromatic nitrogens is 2. The van der Waals surface area contributed by atoms with Crippen LogP contribution in [0.3, 0.4) is 0 Å². The monoisotopic (exact) mass is 195 g/mol. The van der Waals surface area contributed by atoms with E-state index in [1.54, 1.807) is 29.9 Å². The Hall–Kier alpha value is -1.32. The van der Waals surface area contributed by atoms with Gasteiger partial charge in [-0.1, -0.05) is 13.3 Å². The number of hydrogen-bond acceptors (Lipinski definition) is 2. The van der Waals surface area contributed by atoms with Crippen molar-refractivity contribution < 1.29 is 4.79 Å². The highest BCUT2D eigenvalue weighted by Crippen LogP contribution is 2.11. The molecule has 1 aromatic heterocycles. The molecule has 0 aliphatic heterocycles. The molecule has 0 unspecified atom stereocenters. The first-order valence-corrected chi connectivity index (χ1v) is 4.80. The molecule has 0 bridgehead atoms. The predicted molar refractivity (Wildman–Crippen MR) is 55.2 cm³/mol. The van der Waals surface area contributed by atoms with Crippen LogP contribution in [0.2, 0.25) is 0 Å². The molecular formula is C10H17N3O. The van der Waals surface area contributed by atoms with E-state index in [0.717, 1.165) is 24.1 Å². The van der Waals surface area contributed by atoms with E-state index in [2.05, 4.69) is 12.0 Å². The molecule has 14 heavy (non-hydrogen) atoms. The van der Waals surface area contributed by atoms with Gasteiger partial charge in [0.05, 0.1) is 17.5 Å². The third-order valence-electron chi connectivity index (χ3n) is 2.18. The molecular weight excluding hydrogens is 178 g/mol. The van der Waals surface area contributed by atoms with Crippen LogP contribution in [-0.2, 0) is 13.5 Å². The Morgan fingerprint density at radius 1 is 1.57 bits per heavy atom. The quantitative estimate of drug-likeness (QED) is 0.723. The van der Waals surface area contributed by atoms with Gasteiger partial charge in [0.1, 0.15) is 0 Å². The number of rotatable bonds is 3. The zero-order chi connectivity index (χ0) is 10.7. The topological polar surface area (TPSA) is 38.1 Å². The third-order valence-corrected chi connectivity index (χ3v) is 2.18. The molecule has 0 saturated carbocycles. The summed E-state index contributed by atoms with van der Waals surface area (Å²) in [4.78, 5) is 13.3. The second kappa shape index (κ2) is 4.26. The van der Waals surface area contributed by atoms with Crippen LogP contribution in [0.5, 0.6) is 0 Å². The molecule has 0 radical (unpaired) electrons. The fourth-order valence-corrected chi connectivity index (χ4v) is 1.42. The molecule has 1 amide bonds. The van der Waals surface area contributed by atoms with Gasteiger partial charge < -0.3 is 4.90 Å². The number of aryl methyl sites for hydroxylation is 1. The van der Waals surface area contributed by atoms with Crippen LogP contribution in [0, 0.1) is 0 Å². The fraction of sp³-hybridized carbons (Fsp3) is 0.600. The van der Waals surface area contributed by atoms with E-state index in [4.69, 9.17) is 0 Å². The van der Waals surface area contributed by atoms with Crippen molar-refractivity contribution in [3.05, 3.63) is 17.5 Å². The average Bonchev–Trinajstić information content (AvgIpc) is 2.48. The zero-order valence-electron chi connectivity index (χ0n) is 9.24. The second-order valence-electron chi connectivity index (χ2n) is 3.58. The van der Waals surface area contributed by atoms with Crippen molar-refractivity contribution in [1.82, 2.24) is 14.7 Å². The Kier molecular flexibility index (Phi) is 3.28. The normalized spacial score (nSPS) is 10.3. The van der Waals surface area contributed by atoms with Crippen molar-refractivity contribution in [2.45, 2.75) is 19.8 Å². The number of carbonyl (C=O) groups is 1. The average molecular weight is 195 g/mol. The van der Waals surface area contributed by atoms with Crippen molar-refractivity contribution in [3.8, 4) is 0 Å². The van der Waals surface area contributed by atoms with Gasteiger partial charge in [-0.15, -0.1) is 0 Å². The van der Waals surface area contributed by atoms with Crippen LogP contribution in [0.1, 0.15) is 29.4 Å². The molecule has 1 rings (SSSR count). The summed E-state index contributed by atoms with van der Waals surface area (Å²) in [6, 6.07) is 0. The van der Waals surface area contributed by atoms with Gasteiger partial charge in [0.2, 0.25) is 0 Å². The minimum absolute atomic E-state index is 0.0292. The van der Waals surface area contributed by atoms with Crippen molar-refractivity contribution in [2.24, 2.45) is 7.05 Å². The van der Waals surface area contributed by atoms with Gasteiger partial charge in [-0.25, -0.2) is 0 Å². The van der Waals surface area contributed by atoms with Crippen molar-refractivity contribution in [1.29, 1.82) is 0 Å². The molecule has 0 fully saturated rings. The van der Waals surface area contributed by atoms with Gasteiger partial charge in [0.25, 0.3) is 5.91 Å². The molecule has 0 N–H and O–H groups in total. The van der Waals surface area contributed by atoms with Crippen molar-refractivity contribution in [3.63, 3.8) is 0 Å². The lowest BCUT2D eigenvalue weighted by Crippen LogP contribution is -2.22. The highest BCUT2D eigenvalue weighted by Gasteiger charge is 2.16. The van der Waals surface area contributed by atoms with E-state index in [1.165, 1.54) is 0 Å². The predicted octanol–water partition coefficient (Wildman–Crippen LogP) is 1.07. The fourth-order valence-electron chi connectivity index (χ4n) is 1.42. The third kappa shape index (κ3) is 1.95. The van der Waals surface area contributed by atoms with E-state index in [0.29, 0.717) is 0 Å². The highest BCUT2D eigenvalue weighted by atomic mass is 16.2. The number of amides is 1. The van der Waals surface area contributed by atoms with E-state index >= 15 is 0 Å². The molecule has 0 aromatic carbocycles. The Morgan fingerprint density at radius 2 is 2.21 bits per heavy atom. The van der Waals surface area contributed by atoms with E-state index in [9.17, 15) is 4.79 Å². The van der Waals surface area contributed by atoms with Gasteiger partial charge in [-0.2, -0.15) is 5.10 Å². The first kappa shape index (κ1) is 10.8. The summed E-state index contributed by atoms with van der Waals surface area (Å²) >= 11 is 0. The lowest BCUT2D eigenvalue weighted by atomic mass is 10.1. The molecule has 0 aliphatic rings. The van der Waals surface area contributed by atoms with Gasteiger partial charge in [0.15, 0.2) is 0 Å². The first-order chi connectivity index (χ1) is 6.57. The maximum absolute atomic E-state index is 11.7. The molecule has 4 nitrogen and oxygen atoms in total. The molecule has 0 atom stereocenters. The molecule has 0 spiro atoms. The van der Waals surface area contributed by atoms with E-state index in [-0.39, 0.29) is 5.91 Å². The summed E-state index contributed by atoms with van der Waals surface area (Å²) in [6.45, 7) is 2.09. The van der Waals surface area contributed by atoms with E-state index in [1.807, 2.05) is 7.05 Å². The van der Waals surface area contributed by atoms with Crippen LogP contribution in [0.15, 0.2) is 6.20 Å². The Bertz CT molecular complexity index is 328. The lowest BCUT2D eigenvalue weighted by molar-refractivity contribution is 0.0826. The minimum Gasteiger partial charge on any atom is -0.345 e. The summed E-state index contributed by atoms with van der Waals surface area (Å²) < 4.78 is 1.78. The van der Waals surface area contributed by atoms with Crippen molar-refractivity contribution >= 4 is 5.91 Å². The maximum atomic E-state index is 11.7. The number of carbonyl (C=O) groups excluding carboxylic acids is 1. The summed E-state index contributed by atoms with van der Waals surface area (Å²) in [5.74, 6) is 0.0292. The maximum Gasteiger partial charge on any atom is 0.256 e. The smallest absolute Gasteiger partial charge is 0.256 e. The lowest BCUT2D eigenvalue weighted by Gasteiger charge is -2.10. The summed E-state index contributed by atoms with van der Waals surface area (Å²) in [7, 11) is 5.38. The largest absolute Gasteiger partial charge is 0.345 e. The highest BCUT2D eigenvalue weighted by molar-refractivity contribution is 5.94. The van der Waals surface area contributed by atoms with Crippen molar-refractivity contribution in [2.75, 3.05) is 14.1 Å². The minimum atomic E-state index is 0.0292. The van der Waals surface area contributed by atoms with Crippen LogP contribution in [-0.4, -0.2) is 34.7 Å². The standard InChI is InChI=1S/C10H17N3O/c1-5-6-9-8(7-11-13(9)4)10(14)12(2)3/h7H,5-6H2,1-4H3. The molecule has 78 valence electrons. The first-order valence-electron chi connectivity index (χ1n) is 4.80. The molecule has 1 heterocycles. The Labute approximate surface area is 84.5 Å². The zero-order valence-corrected chi connectivity index (χ0v) is 9.24. The summed E-state index contributed by atoms with van der Waals surface area (Å²) in [6.07, 6.45) is 3.56. The summed E-state index contributed by atoms with van der Waals surface area (Å²) in [5, 5.41) is 4.11. The molecule has 1 aromatic rings. The summed E-state index contributed by atoms with van der Waals surface area (Å²) in [5.41, 5.74) is 1.74. The van der Waals surface area contributed by atoms with Gasteiger partial charge in [-0.05, 0) is 6.42 Å². The molecule has 0 aliphatic carbocycles. The molecule has 4 heteroatoms. The number of nitrogens with zero attached hydrogens (tertiary/aromatic N) is 3. The van der Waals surface area contributed by atoms with Crippen LogP contribution in [0.25, 0.3) is 0 Å². The Morgan fingerprint density at radius 3 is 2.71 bits per heavy atom. The van der Waals surface area contributed by atoms with Gasteiger partial charge in [0, 0.05) is 21.1 Å². The molecule has 0 saturated heterocycles. The Balaban J connectivity index is 3.02. The number of hydrogen-bond donors (Lipinski definition) is 0. The van der Waals surface area contributed by atoms with Gasteiger partial charge >= 0.3 is 0 Å². The van der Waals surface area contributed by atoms with Crippen LogP contribution < -0.4 is 0 Å². The second-order valence-corrected chi connectivity index (χ2v) is 3.58. The SMILES string of the molecule is CCCc1c(C(=O)N(C)C)cnn1C. The van der Waals surface area contributed by atoms with Crippen LogP contribution >= 0.6 is 0 Å². The van der Waals surface area contributed by atoms with Gasteiger partial charge in [-0.3, -0.25) is 9.48 Å². The van der Waals surface area contributed by atoms with Crippen LogP contribution in [0.4, 0.5) is 0 Å². The van der Waals surface area contributed by atoms with E-state index < -0.39 is 0 Å².